The average molecular weight is 331 g/mol. The molecule has 0 spiro atoms. The van der Waals surface area contributed by atoms with Crippen molar-refractivity contribution >= 4 is 17.7 Å². The van der Waals surface area contributed by atoms with E-state index >= 15 is 0 Å². The number of piperazine rings is 1. The molecule has 0 bridgehead atoms. The number of nitrogens with zero attached hydrogens (tertiary/aromatic N) is 5. The third kappa shape index (κ3) is 3.97. The van der Waals surface area contributed by atoms with Gasteiger partial charge >= 0.3 is 0 Å². The predicted molar refractivity (Wildman–Crippen MR) is 96.5 cm³/mol. The highest BCUT2D eigenvalue weighted by Gasteiger charge is 2.23. The van der Waals surface area contributed by atoms with Crippen molar-refractivity contribution in [3.63, 3.8) is 0 Å². The van der Waals surface area contributed by atoms with Crippen LogP contribution < -0.4 is 9.80 Å². The lowest BCUT2D eigenvalue weighted by molar-refractivity contribution is -0.131. The minimum Gasteiger partial charge on any atom is -0.356 e. The third-order valence-corrected chi connectivity index (χ3v) is 4.92. The smallest absolute Gasteiger partial charge is 0.227 e. The predicted octanol–water partition coefficient (Wildman–Crippen LogP) is 2.22. The molecule has 2 fully saturated rings. The fraction of sp³-hybridized carbons (Fsp3) is 0.722. The molecule has 6 nitrogen and oxygen atoms in total. The van der Waals surface area contributed by atoms with Gasteiger partial charge in [-0.1, -0.05) is 13.3 Å². The summed E-state index contributed by atoms with van der Waals surface area (Å²) in [6.45, 7) is 9.54. The summed E-state index contributed by atoms with van der Waals surface area (Å²) in [6, 6.07) is 2.08. The monoisotopic (exact) mass is 331 g/mol. The lowest BCUT2D eigenvalue weighted by atomic mass is 10.2. The molecular weight excluding hydrogens is 302 g/mol. The highest BCUT2D eigenvalue weighted by Crippen LogP contribution is 2.22. The van der Waals surface area contributed by atoms with Crippen LogP contribution in [0.3, 0.4) is 0 Å². The van der Waals surface area contributed by atoms with Crippen molar-refractivity contribution < 1.29 is 4.79 Å². The number of aryl methyl sites for hydroxylation is 1. The maximum absolute atomic E-state index is 12.2. The number of anilines is 2. The molecule has 0 saturated carbocycles. The van der Waals surface area contributed by atoms with Crippen LogP contribution in [0.4, 0.5) is 11.8 Å². The van der Waals surface area contributed by atoms with Crippen LogP contribution in [-0.4, -0.2) is 60.0 Å². The zero-order valence-electron chi connectivity index (χ0n) is 15.0. The minimum atomic E-state index is 0.291. The normalized spacial score (nSPS) is 18.3. The fourth-order valence-corrected chi connectivity index (χ4v) is 3.43. The van der Waals surface area contributed by atoms with Crippen LogP contribution in [0.1, 0.15) is 44.7 Å². The van der Waals surface area contributed by atoms with Crippen molar-refractivity contribution in [1.29, 1.82) is 0 Å². The molecule has 3 heterocycles. The van der Waals surface area contributed by atoms with Crippen LogP contribution in [-0.2, 0) is 4.79 Å². The summed E-state index contributed by atoms with van der Waals surface area (Å²) in [7, 11) is 0. The molecule has 0 radical (unpaired) electrons. The van der Waals surface area contributed by atoms with Crippen molar-refractivity contribution in [1.82, 2.24) is 14.9 Å². The highest BCUT2D eigenvalue weighted by atomic mass is 16.2. The Morgan fingerprint density at radius 3 is 2.42 bits per heavy atom. The quantitative estimate of drug-likeness (QED) is 0.828. The van der Waals surface area contributed by atoms with E-state index in [0.29, 0.717) is 12.3 Å². The van der Waals surface area contributed by atoms with E-state index in [4.69, 9.17) is 4.98 Å². The summed E-state index contributed by atoms with van der Waals surface area (Å²) in [5, 5.41) is 0. The Hall–Kier alpha value is -1.85. The Labute approximate surface area is 144 Å². The summed E-state index contributed by atoms with van der Waals surface area (Å²) in [6.07, 6.45) is 5.23. The molecule has 0 unspecified atom stereocenters. The molecule has 2 aliphatic heterocycles. The molecule has 0 aliphatic carbocycles. The zero-order chi connectivity index (χ0) is 16.9. The first kappa shape index (κ1) is 17.0. The van der Waals surface area contributed by atoms with Gasteiger partial charge in [-0.2, -0.15) is 4.98 Å². The van der Waals surface area contributed by atoms with Crippen LogP contribution in [0.5, 0.6) is 0 Å². The molecule has 0 N–H and O–H groups in total. The van der Waals surface area contributed by atoms with E-state index in [0.717, 1.165) is 69.6 Å². The second kappa shape index (κ2) is 7.81. The van der Waals surface area contributed by atoms with Gasteiger partial charge in [0.25, 0.3) is 0 Å². The number of carbonyl (C=O) groups excluding carboxylic acids is 1. The first-order valence-corrected chi connectivity index (χ1v) is 9.30. The number of aromatic nitrogens is 2. The highest BCUT2D eigenvalue weighted by molar-refractivity contribution is 5.76. The van der Waals surface area contributed by atoms with Crippen molar-refractivity contribution in [2.24, 2.45) is 0 Å². The van der Waals surface area contributed by atoms with E-state index in [9.17, 15) is 4.79 Å². The van der Waals surface area contributed by atoms with Crippen molar-refractivity contribution in [3.8, 4) is 0 Å². The zero-order valence-corrected chi connectivity index (χ0v) is 15.0. The second-order valence-corrected chi connectivity index (χ2v) is 6.83. The SMILES string of the molecule is CCCCC(=O)N1CCN(c2nc(C)cc(N3CCCC3)n2)CC1. The lowest BCUT2D eigenvalue weighted by Crippen LogP contribution is -2.49. The Kier molecular flexibility index (Phi) is 5.53. The molecule has 1 aromatic rings. The number of hydrogen-bond acceptors (Lipinski definition) is 5. The van der Waals surface area contributed by atoms with Crippen molar-refractivity contribution in [3.05, 3.63) is 11.8 Å². The molecule has 6 heteroatoms. The summed E-state index contributed by atoms with van der Waals surface area (Å²) in [5.74, 6) is 2.16. The molecule has 3 rings (SSSR count). The van der Waals surface area contributed by atoms with Crippen molar-refractivity contribution in [2.45, 2.75) is 46.0 Å². The molecule has 2 saturated heterocycles. The summed E-state index contributed by atoms with van der Waals surface area (Å²) in [4.78, 5) is 28.1. The van der Waals surface area contributed by atoms with E-state index in [1.807, 2.05) is 11.8 Å². The number of carbonyl (C=O) groups is 1. The Balaban J connectivity index is 1.62. The summed E-state index contributed by atoms with van der Waals surface area (Å²) < 4.78 is 0. The van der Waals surface area contributed by atoms with Gasteiger partial charge in [-0.15, -0.1) is 0 Å². The molecule has 1 amide bonds. The first-order valence-electron chi connectivity index (χ1n) is 9.30. The Bertz CT molecular complexity index is 563. The van der Waals surface area contributed by atoms with E-state index in [1.165, 1.54) is 12.8 Å². The van der Waals surface area contributed by atoms with Gasteiger partial charge in [0.05, 0.1) is 0 Å². The summed E-state index contributed by atoms with van der Waals surface area (Å²) in [5.41, 5.74) is 1.02. The van der Waals surface area contributed by atoms with Gasteiger partial charge in [0.2, 0.25) is 11.9 Å². The fourth-order valence-electron chi connectivity index (χ4n) is 3.43. The van der Waals surface area contributed by atoms with Crippen LogP contribution >= 0.6 is 0 Å². The number of amides is 1. The maximum atomic E-state index is 12.2. The van der Waals surface area contributed by atoms with E-state index in [-0.39, 0.29) is 0 Å². The maximum Gasteiger partial charge on any atom is 0.227 e. The molecule has 0 atom stereocenters. The Morgan fingerprint density at radius 1 is 1.04 bits per heavy atom. The van der Waals surface area contributed by atoms with E-state index in [2.05, 4.69) is 27.8 Å². The standard InChI is InChI=1S/C18H29N5O/c1-3-4-7-17(24)22-10-12-23(13-11-22)18-19-15(2)14-16(20-18)21-8-5-6-9-21/h14H,3-13H2,1-2H3. The molecule has 0 aromatic carbocycles. The third-order valence-electron chi connectivity index (χ3n) is 4.92. The van der Waals surface area contributed by atoms with Crippen LogP contribution in [0.25, 0.3) is 0 Å². The topological polar surface area (TPSA) is 52.6 Å². The molecular formula is C18H29N5O. The van der Waals surface area contributed by atoms with Crippen LogP contribution in [0.2, 0.25) is 0 Å². The number of hydrogen-bond donors (Lipinski definition) is 0. The van der Waals surface area contributed by atoms with Gasteiger partial charge in [0.1, 0.15) is 5.82 Å². The number of rotatable bonds is 5. The first-order chi connectivity index (χ1) is 11.7. The van der Waals surface area contributed by atoms with Crippen LogP contribution in [0, 0.1) is 6.92 Å². The van der Waals surface area contributed by atoms with E-state index < -0.39 is 0 Å². The van der Waals surface area contributed by atoms with E-state index in [1.54, 1.807) is 0 Å². The largest absolute Gasteiger partial charge is 0.356 e. The molecule has 2 aliphatic rings. The van der Waals surface area contributed by atoms with Gasteiger partial charge in [-0.05, 0) is 26.2 Å². The van der Waals surface area contributed by atoms with Gasteiger partial charge in [0.15, 0.2) is 0 Å². The van der Waals surface area contributed by atoms with Crippen molar-refractivity contribution in [2.75, 3.05) is 49.1 Å². The van der Waals surface area contributed by atoms with Crippen LogP contribution in [0.15, 0.2) is 6.07 Å². The van der Waals surface area contributed by atoms with Gasteiger partial charge in [-0.3, -0.25) is 4.79 Å². The lowest BCUT2D eigenvalue weighted by Gasteiger charge is -2.35. The number of unbranched alkanes of at least 4 members (excludes halogenated alkanes) is 1. The van der Waals surface area contributed by atoms with Gasteiger partial charge in [-0.25, -0.2) is 4.98 Å². The van der Waals surface area contributed by atoms with Gasteiger partial charge < -0.3 is 14.7 Å². The van der Waals surface area contributed by atoms with Gasteiger partial charge in [0, 0.05) is 57.4 Å². The Morgan fingerprint density at radius 2 is 1.75 bits per heavy atom. The molecule has 132 valence electrons. The molecule has 1 aromatic heterocycles. The average Bonchev–Trinajstić information content (AvgIpc) is 3.14. The summed E-state index contributed by atoms with van der Waals surface area (Å²) >= 11 is 0. The minimum absolute atomic E-state index is 0.291. The molecule has 24 heavy (non-hydrogen) atoms. The second-order valence-electron chi connectivity index (χ2n) is 6.83.